The number of nitrogens with one attached hydrogen (secondary N) is 2. The van der Waals surface area contributed by atoms with Gasteiger partial charge in [-0.3, -0.25) is 4.79 Å². The maximum absolute atomic E-state index is 13.3. The number of amides is 1. The van der Waals surface area contributed by atoms with E-state index in [1.54, 1.807) is 32.9 Å². The quantitative estimate of drug-likeness (QED) is 0.846. The lowest BCUT2D eigenvalue weighted by Gasteiger charge is -2.24. The molecule has 2 N–H and O–H groups in total. The van der Waals surface area contributed by atoms with Gasteiger partial charge >= 0.3 is 0 Å². The van der Waals surface area contributed by atoms with Crippen molar-refractivity contribution in [1.82, 2.24) is 5.32 Å². The average molecular weight is 238 g/mol. The second-order valence-corrected chi connectivity index (χ2v) is 4.52. The number of rotatable bonds is 4. The van der Waals surface area contributed by atoms with Crippen molar-refractivity contribution in [3.63, 3.8) is 0 Å². The Morgan fingerprint density at radius 1 is 1.41 bits per heavy atom. The highest BCUT2D eigenvalue weighted by Gasteiger charge is 2.26. The second kappa shape index (κ2) is 5.27. The first-order valence-electron chi connectivity index (χ1n) is 5.70. The third kappa shape index (κ3) is 3.27. The number of halogens is 1. The monoisotopic (exact) mass is 238 g/mol. The van der Waals surface area contributed by atoms with Crippen LogP contribution in [0, 0.1) is 12.7 Å². The standard InChI is InChI=1S/C13H19FN2O/c1-5-15-13(3,4)12(17)16-11-8-6-7-10(14)9(11)2/h6-8,15H,5H2,1-4H3,(H,16,17). The summed E-state index contributed by atoms with van der Waals surface area (Å²) in [6.45, 7) is 7.86. The summed E-state index contributed by atoms with van der Waals surface area (Å²) >= 11 is 0. The lowest BCUT2D eigenvalue weighted by atomic mass is 10.0. The highest BCUT2D eigenvalue weighted by molar-refractivity contribution is 5.98. The van der Waals surface area contributed by atoms with Crippen LogP contribution in [0.25, 0.3) is 0 Å². The van der Waals surface area contributed by atoms with Crippen LogP contribution >= 0.6 is 0 Å². The van der Waals surface area contributed by atoms with Crippen molar-refractivity contribution in [2.45, 2.75) is 33.2 Å². The number of likely N-dealkylation sites (N-methyl/N-ethyl adjacent to an activating group) is 1. The van der Waals surface area contributed by atoms with Crippen LogP contribution < -0.4 is 10.6 Å². The minimum absolute atomic E-state index is 0.173. The summed E-state index contributed by atoms with van der Waals surface area (Å²) in [5.41, 5.74) is 0.294. The van der Waals surface area contributed by atoms with Crippen molar-refractivity contribution in [2.75, 3.05) is 11.9 Å². The Morgan fingerprint density at radius 3 is 2.65 bits per heavy atom. The Bertz CT molecular complexity index is 416. The fraction of sp³-hybridized carbons (Fsp3) is 0.462. The van der Waals surface area contributed by atoms with Gasteiger partial charge in [-0.25, -0.2) is 4.39 Å². The van der Waals surface area contributed by atoms with E-state index in [0.29, 0.717) is 17.8 Å². The summed E-state index contributed by atoms with van der Waals surface area (Å²) in [7, 11) is 0. The fourth-order valence-electron chi connectivity index (χ4n) is 1.54. The minimum Gasteiger partial charge on any atom is -0.324 e. The first-order valence-corrected chi connectivity index (χ1v) is 5.70. The van der Waals surface area contributed by atoms with Crippen LogP contribution in [-0.4, -0.2) is 18.0 Å². The van der Waals surface area contributed by atoms with Gasteiger partial charge in [-0.2, -0.15) is 0 Å². The summed E-state index contributed by atoms with van der Waals surface area (Å²) in [6, 6.07) is 4.65. The molecule has 94 valence electrons. The van der Waals surface area contributed by atoms with Gasteiger partial charge in [0.15, 0.2) is 0 Å². The molecule has 0 aromatic heterocycles. The van der Waals surface area contributed by atoms with Gasteiger partial charge in [-0.1, -0.05) is 13.0 Å². The van der Waals surface area contributed by atoms with Crippen LogP contribution in [0.5, 0.6) is 0 Å². The van der Waals surface area contributed by atoms with Gasteiger partial charge in [0, 0.05) is 11.3 Å². The Balaban J connectivity index is 2.85. The Kier molecular flexibility index (Phi) is 4.23. The van der Waals surface area contributed by atoms with E-state index >= 15 is 0 Å². The smallest absolute Gasteiger partial charge is 0.244 e. The molecule has 1 amide bonds. The van der Waals surface area contributed by atoms with E-state index in [2.05, 4.69) is 10.6 Å². The van der Waals surface area contributed by atoms with Crippen molar-refractivity contribution in [3.8, 4) is 0 Å². The van der Waals surface area contributed by atoms with Gasteiger partial charge in [0.05, 0.1) is 5.54 Å². The Morgan fingerprint density at radius 2 is 2.06 bits per heavy atom. The van der Waals surface area contributed by atoms with Crippen LogP contribution in [0.1, 0.15) is 26.3 Å². The van der Waals surface area contributed by atoms with Crippen molar-refractivity contribution in [1.29, 1.82) is 0 Å². The van der Waals surface area contributed by atoms with E-state index in [4.69, 9.17) is 0 Å². The first-order chi connectivity index (χ1) is 7.88. The molecule has 17 heavy (non-hydrogen) atoms. The van der Waals surface area contributed by atoms with Crippen molar-refractivity contribution in [3.05, 3.63) is 29.6 Å². The molecule has 0 atom stereocenters. The zero-order chi connectivity index (χ0) is 13.1. The van der Waals surface area contributed by atoms with Crippen LogP contribution in [0.2, 0.25) is 0 Å². The van der Waals surface area contributed by atoms with E-state index < -0.39 is 5.54 Å². The first kappa shape index (κ1) is 13.6. The van der Waals surface area contributed by atoms with Gasteiger partial charge < -0.3 is 10.6 Å². The zero-order valence-corrected chi connectivity index (χ0v) is 10.7. The lowest BCUT2D eigenvalue weighted by molar-refractivity contribution is -0.121. The van der Waals surface area contributed by atoms with E-state index in [9.17, 15) is 9.18 Å². The normalized spacial score (nSPS) is 11.4. The van der Waals surface area contributed by atoms with E-state index in [1.165, 1.54) is 6.07 Å². The topological polar surface area (TPSA) is 41.1 Å². The molecule has 0 saturated carbocycles. The third-order valence-corrected chi connectivity index (χ3v) is 2.70. The molecule has 0 fully saturated rings. The minimum atomic E-state index is -0.673. The predicted octanol–water partition coefficient (Wildman–Crippen LogP) is 2.46. The largest absolute Gasteiger partial charge is 0.324 e. The van der Waals surface area contributed by atoms with Crippen LogP contribution in [0.3, 0.4) is 0 Å². The number of carbonyl (C=O) groups is 1. The summed E-state index contributed by atoms with van der Waals surface area (Å²) in [5.74, 6) is -0.489. The van der Waals surface area contributed by atoms with Gasteiger partial charge in [0.2, 0.25) is 5.91 Å². The molecule has 0 bridgehead atoms. The van der Waals surface area contributed by atoms with Gasteiger partial charge in [-0.05, 0) is 39.4 Å². The SMILES string of the molecule is CCNC(C)(C)C(=O)Nc1cccc(F)c1C. The fourth-order valence-corrected chi connectivity index (χ4v) is 1.54. The summed E-state index contributed by atoms with van der Waals surface area (Å²) in [4.78, 5) is 12.0. The van der Waals surface area contributed by atoms with Gasteiger partial charge in [0.1, 0.15) is 5.82 Å². The Labute approximate surface area is 101 Å². The molecule has 1 aromatic rings. The summed E-state index contributed by atoms with van der Waals surface area (Å²) in [6.07, 6.45) is 0. The highest BCUT2D eigenvalue weighted by Crippen LogP contribution is 2.18. The number of hydrogen-bond acceptors (Lipinski definition) is 2. The molecule has 1 rings (SSSR count). The van der Waals surface area contributed by atoms with E-state index in [-0.39, 0.29) is 11.7 Å². The third-order valence-electron chi connectivity index (χ3n) is 2.70. The molecule has 0 saturated heterocycles. The lowest BCUT2D eigenvalue weighted by Crippen LogP contribution is -2.49. The van der Waals surface area contributed by atoms with Crippen LogP contribution in [0.4, 0.5) is 10.1 Å². The Hall–Kier alpha value is -1.42. The van der Waals surface area contributed by atoms with E-state index in [0.717, 1.165) is 0 Å². The number of carbonyl (C=O) groups excluding carboxylic acids is 1. The molecular weight excluding hydrogens is 219 g/mol. The molecule has 1 aromatic carbocycles. The van der Waals surface area contributed by atoms with Crippen molar-refractivity contribution >= 4 is 11.6 Å². The molecule has 0 aliphatic heterocycles. The molecular formula is C13H19FN2O. The van der Waals surface area contributed by atoms with Crippen molar-refractivity contribution in [2.24, 2.45) is 0 Å². The molecule has 0 heterocycles. The average Bonchev–Trinajstić information content (AvgIpc) is 2.24. The molecule has 0 aliphatic rings. The molecule has 0 aliphatic carbocycles. The second-order valence-electron chi connectivity index (χ2n) is 4.52. The van der Waals surface area contributed by atoms with E-state index in [1.807, 2.05) is 6.92 Å². The molecule has 4 heteroatoms. The van der Waals surface area contributed by atoms with Crippen molar-refractivity contribution < 1.29 is 9.18 Å². The molecule has 3 nitrogen and oxygen atoms in total. The summed E-state index contributed by atoms with van der Waals surface area (Å²) in [5, 5.41) is 5.80. The maximum Gasteiger partial charge on any atom is 0.244 e. The van der Waals surface area contributed by atoms with Crippen LogP contribution in [-0.2, 0) is 4.79 Å². The number of anilines is 1. The molecule has 0 unspecified atom stereocenters. The zero-order valence-electron chi connectivity index (χ0n) is 10.7. The number of benzene rings is 1. The number of hydrogen-bond donors (Lipinski definition) is 2. The predicted molar refractivity (Wildman–Crippen MR) is 67.5 cm³/mol. The molecule has 0 spiro atoms. The summed E-state index contributed by atoms with van der Waals surface area (Å²) < 4.78 is 13.3. The van der Waals surface area contributed by atoms with Crippen LogP contribution in [0.15, 0.2) is 18.2 Å². The van der Waals surface area contributed by atoms with Gasteiger partial charge in [-0.15, -0.1) is 0 Å². The molecule has 0 radical (unpaired) electrons. The van der Waals surface area contributed by atoms with Gasteiger partial charge in [0.25, 0.3) is 0 Å². The highest BCUT2D eigenvalue weighted by atomic mass is 19.1. The maximum atomic E-state index is 13.3.